The molecule has 0 radical (unpaired) electrons. The van der Waals surface area contributed by atoms with Gasteiger partial charge in [0.2, 0.25) is 0 Å². The molecule has 0 N–H and O–H groups in total. The zero-order valence-electron chi connectivity index (χ0n) is 5.94. The molecule has 1 fully saturated rings. The van der Waals surface area contributed by atoms with Crippen LogP contribution in [0.15, 0.2) is 0 Å². The number of alkyl halides is 1. The second-order valence-electron chi connectivity index (χ2n) is 2.92. The third kappa shape index (κ3) is 2.26. The van der Waals surface area contributed by atoms with Crippen LogP contribution in [0.2, 0.25) is 0 Å². The number of rotatable bonds is 1. The molecule has 1 saturated heterocycles. The van der Waals surface area contributed by atoms with Gasteiger partial charge in [-0.05, 0) is 32.4 Å². The van der Waals surface area contributed by atoms with Gasteiger partial charge in [0.1, 0.15) is 0 Å². The predicted molar refractivity (Wildman–Crippen MR) is 44.0 cm³/mol. The Labute approximate surface area is 65.6 Å². The van der Waals surface area contributed by atoms with Crippen LogP contribution in [0.3, 0.4) is 0 Å². The number of hydrogen-bond acceptors (Lipinski definition) is 1. The molecule has 2 heteroatoms. The van der Waals surface area contributed by atoms with E-state index in [-0.39, 0.29) is 0 Å². The molecular weight excluding hydrogens is 178 g/mol. The van der Waals surface area contributed by atoms with Crippen molar-refractivity contribution in [3.05, 3.63) is 0 Å². The minimum absolute atomic E-state index is 0.906. The smallest absolute Gasteiger partial charge is 0.00718 e. The summed E-state index contributed by atoms with van der Waals surface area (Å²) < 4.78 is 0. The first-order chi connectivity index (χ1) is 4.33. The normalized spacial score (nSPS) is 30.7. The highest BCUT2D eigenvalue weighted by Crippen LogP contribution is 2.16. The molecular formula is C7H14BrN. The zero-order valence-corrected chi connectivity index (χ0v) is 7.52. The van der Waals surface area contributed by atoms with Gasteiger partial charge in [-0.2, -0.15) is 0 Å². The number of likely N-dealkylation sites (tertiary alicyclic amines) is 1. The molecule has 1 aliphatic rings. The SMILES string of the molecule is CN1CCC[C@H](CBr)C1. The molecule has 0 spiro atoms. The van der Waals surface area contributed by atoms with Crippen LogP contribution in [0.5, 0.6) is 0 Å². The minimum atomic E-state index is 0.906. The lowest BCUT2D eigenvalue weighted by atomic mass is 10.0. The first kappa shape index (κ1) is 7.55. The van der Waals surface area contributed by atoms with Crippen LogP contribution in [-0.2, 0) is 0 Å². The maximum atomic E-state index is 3.51. The average Bonchev–Trinajstić information content (AvgIpc) is 1.88. The molecule has 1 heterocycles. The molecule has 9 heavy (non-hydrogen) atoms. The summed E-state index contributed by atoms with van der Waals surface area (Å²) in [5.74, 6) is 0.906. The topological polar surface area (TPSA) is 3.24 Å². The molecule has 0 saturated carbocycles. The summed E-state index contributed by atoms with van der Waals surface area (Å²) >= 11 is 3.51. The molecule has 0 aliphatic carbocycles. The summed E-state index contributed by atoms with van der Waals surface area (Å²) in [6.07, 6.45) is 2.79. The largest absolute Gasteiger partial charge is 0.306 e. The van der Waals surface area contributed by atoms with Gasteiger partial charge in [0, 0.05) is 11.9 Å². The van der Waals surface area contributed by atoms with E-state index in [2.05, 4.69) is 27.9 Å². The minimum Gasteiger partial charge on any atom is -0.306 e. The number of piperidine rings is 1. The Bertz CT molecular complexity index is 85.0. The Morgan fingerprint density at radius 1 is 1.67 bits per heavy atom. The van der Waals surface area contributed by atoms with Crippen LogP contribution in [0, 0.1) is 5.92 Å². The molecule has 54 valence electrons. The van der Waals surface area contributed by atoms with E-state index < -0.39 is 0 Å². The molecule has 0 bridgehead atoms. The van der Waals surface area contributed by atoms with Crippen molar-refractivity contribution in [2.24, 2.45) is 5.92 Å². The molecule has 0 amide bonds. The second kappa shape index (κ2) is 3.57. The van der Waals surface area contributed by atoms with Crippen LogP contribution in [0.1, 0.15) is 12.8 Å². The standard InChI is InChI=1S/C7H14BrN/c1-9-4-2-3-7(5-8)6-9/h7H,2-6H2,1H3/t7-/m1/s1. The van der Waals surface area contributed by atoms with Crippen LogP contribution in [-0.4, -0.2) is 30.4 Å². The van der Waals surface area contributed by atoms with Gasteiger partial charge in [0.05, 0.1) is 0 Å². The lowest BCUT2D eigenvalue weighted by molar-refractivity contribution is 0.225. The second-order valence-corrected chi connectivity index (χ2v) is 3.57. The van der Waals surface area contributed by atoms with E-state index in [1.54, 1.807) is 0 Å². The average molecular weight is 192 g/mol. The highest BCUT2D eigenvalue weighted by atomic mass is 79.9. The maximum Gasteiger partial charge on any atom is 0.00718 e. The molecule has 0 aromatic carbocycles. The van der Waals surface area contributed by atoms with Crippen molar-refractivity contribution in [3.63, 3.8) is 0 Å². The Hall–Kier alpha value is 0.440. The van der Waals surface area contributed by atoms with Gasteiger partial charge < -0.3 is 4.90 Å². The fourth-order valence-corrected chi connectivity index (χ4v) is 1.93. The Kier molecular flexibility index (Phi) is 2.99. The van der Waals surface area contributed by atoms with E-state index in [0.717, 1.165) is 5.92 Å². The highest BCUT2D eigenvalue weighted by Gasteiger charge is 2.14. The molecule has 0 aromatic rings. The molecule has 1 atom stereocenters. The summed E-state index contributed by atoms with van der Waals surface area (Å²) in [7, 11) is 2.20. The molecule has 1 nitrogen and oxygen atoms in total. The lowest BCUT2D eigenvalue weighted by Crippen LogP contribution is -2.32. The van der Waals surface area contributed by atoms with Crippen molar-refractivity contribution in [1.82, 2.24) is 4.90 Å². The predicted octanol–water partition coefficient (Wildman–Crippen LogP) is 1.72. The van der Waals surface area contributed by atoms with Gasteiger partial charge in [-0.3, -0.25) is 0 Å². The van der Waals surface area contributed by atoms with Gasteiger partial charge in [0.25, 0.3) is 0 Å². The molecule has 0 unspecified atom stereocenters. The van der Waals surface area contributed by atoms with E-state index in [4.69, 9.17) is 0 Å². The lowest BCUT2D eigenvalue weighted by Gasteiger charge is -2.28. The van der Waals surface area contributed by atoms with E-state index in [9.17, 15) is 0 Å². The number of nitrogens with zero attached hydrogens (tertiary/aromatic N) is 1. The van der Waals surface area contributed by atoms with Crippen LogP contribution < -0.4 is 0 Å². The van der Waals surface area contributed by atoms with Gasteiger partial charge in [-0.1, -0.05) is 15.9 Å². The Balaban J connectivity index is 2.23. The fourth-order valence-electron chi connectivity index (χ4n) is 1.40. The molecule has 1 aliphatic heterocycles. The van der Waals surface area contributed by atoms with E-state index >= 15 is 0 Å². The zero-order chi connectivity index (χ0) is 6.69. The quantitative estimate of drug-likeness (QED) is 0.572. The molecule has 0 aromatic heterocycles. The third-order valence-corrected chi connectivity index (χ3v) is 2.86. The van der Waals surface area contributed by atoms with E-state index in [1.807, 2.05) is 0 Å². The summed E-state index contributed by atoms with van der Waals surface area (Å²) in [4.78, 5) is 2.41. The number of halogens is 1. The van der Waals surface area contributed by atoms with Crippen LogP contribution in [0.25, 0.3) is 0 Å². The monoisotopic (exact) mass is 191 g/mol. The van der Waals surface area contributed by atoms with Gasteiger partial charge in [0.15, 0.2) is 0 Å². The number of hydrogen-bond donors (Lipinski definition) is 0. The fraction of sp³-hybridized carbons (Fsp3) is 1.00. The van der Waals surface area contributed by atoms with Crippen molar-refractivity contribution in [3.8, 4) is 0 Å². The summed E-state index contributed by atoms with van der Waals surface area (Å²) in [6.45, 7) is 2.58. The summed E-state index contributed by atoms with van der Waals surface area (Å²) in [6, 6.07) is 0. The van der Waals surface area contributed by atoms with Gasteiger partial charge in [-0.15, -0.1) is 0 Å². The van der Waals surface area contributed by atoms with Gasteiger partial charge in [-0.25, -0.2) is 0 Å². The van der Waals surface area contributed by atoms with E-state index in [1.165, 1.54) is 31.3 Å². The first-order valence-electron chi connectivity index (χ1n) is 3.57. The van der Waals surface area contributed by atoms with Crippen molar-refractivity contribution < 1.29 is 0 Å². The van der Waals surface area contributed by atoms with Crippen LogP contribution >= 0.6 is 15.9 Å². The summed E-state index contributed by atoms with van der Waals surface area (Å²) in [5, 5.41) is 1.18. The van der Waals surface area contributed by atoms with Crippen molar-refractivity contribution in [2.75, 3.05) is 25.5 Å². The first-order valence-corrected chi connectivity index (χ1v) is 4.69. The van der Waals surface area contributed by atoms with E-state index in [0.29, 0.717) is 0 Å². The van der Waals surface area contributed by atoms with Crippen molar-refractivity contribution in [2.45, 2.75) is 12.8 Å². The van der Waals surface area contributed by atoms with Crippen LogP contribution in [0.4, 0.5) is 0 Å². The maximum absolute atomic E-state index is 3.51. The summed E-state index contributed by atoms with van der Waals surface area (Å²) in [5.41, 5.74) is 0. The third-order valence-electron chi connectivity index (χ3n) is 1.94. The van der Waals surface area contributed by atoms with Crippen molar-refractivity contribution >= 4 is 15.9 Å². The highest BCUT2D eigenvalue weighted by molar-refractivity contribution is 9.09. The Morgan fingerprint density at radius 2 is 2.44 bits per heavy atom. The van der Waals surface area contributed by atoms with Gasteiger partial charge >= 0.3 is 0 Å². The molecule has 1 rings (SSSR count). The van der Waals surface area contributed by atoms with Crippen molar-refractivity contribution in [1.29, 1.82) is 0 Å². The Morgan fingerprint density at radius 3 is 2.89 bits per heavy atom.